The second-order valence-electron chi connectivity index (χ2n) is 5.87. The Kier molecular flexibility index (Phi) is 4.84. The largest absolute Gasteiger partial charge is 0.493 e. The van der Waals surface area contributed by atoms with Crippen molar-refractivity contribution in [2.45, 2.75) is 47.5 Å². The third kappa shape index (κ3) is 4.11. The number of rotatable bonds is 5. The highest BCUT2D eigenvalue weighted by Crippen LogP contribution is 2.28. The average molecular weight is 244 g/mol. The van der Waals surface area contributed by atoms with Crippen molar-refractivity contribution in [3.05, 3.63) is 28.8 Å². The molecule has 1 rings (SSSR count). The minimum atomic E-state index is 0.154. The molecule has 1 nitrogen and oxygen atoms in total. The highest BCUT2D eigenvalue weighted by molar-refractivity contribution is 5.42. The van der Waals surface area contributed by atoms with Gasteiger partial charge in [0.15, 0.2) is 0 Å². The predicted octanol–water partition coefficient (Wildman–Crippen LogP) is 4.43. The van der Waals surface area contributed by atoms with E-state index in [4.69, 9.17) is 11.2 Å². The van der Waals surface area contributed by atoms with Gasteiger partial charge >= 0.3 is 0 Å². The van der Waals surface area contributed by atoms with Crippen molar-refractivity contribution in [1.29, 1.82) is 0 Å². The smallest absolute Gasteiger partial charge is 0.125 e. The first-order valence-electron chi connectivity index (χ1n) is 6.50. The first kappa shape index (κ1) is 14.6. The van der Waals surface area contributed by atoms with Crippen LogP contribution in [0.5, 0.6) is 5.75 Å². The molecule has 0 aliphatic carbocycles. The molecule has 0 saturated heterocycles. The molecule has 0 bridgehead atoms. The number of aryl methyl sites for hydroxylation is 3. The van der Waals surface area contributed by atoms with E-state index >= 15 is 0 Å². The van der Waals surface area contributed by atoms with Crippen LogP contribution < -0.4 is 4.74 Å². The molecule has 1 aromatic rings. The molecule has 1 heteroatoms. The Hall–Kier alpha value is -1.42. The van der Waals surface area contributed by atoms with Gasteiger partial charge in [-0.15, -0.1) is 12.3 Å². The standard InChI is InChI=1S/C17H24O/c1-7-8-17(5,6)9-10-18-16-14(3)11-13(2)12-15(16)4/h1,11-12H,8-10H2,2-6H3. The zero-order valence-electron chi connectivity index (χ0n) is 12.3. The molecule has 18 heavy (non-hydrogen) atoms. The van der Waals surface area contributed by atoms with Gasteiger partial charge in [-0.3, -0.25) is 0 Å². The maximum Gasteiger partial charge on any atom is 0.125 e. The topological polar surface area (TPSA) is 9.23 Å². The Morgan fingerprint density at radius 1 is 1.17 bits per heavy atom. The molecule has 0 radical (unpaired) electrons. The predicted molar refractivity (Wildman–Crippen MR) is 78.0 cm³/mol. The van der Waals surface area contributed by atoms with E-state index < -0.39 is 0 Å². The lowest BCUT2D eigenvalue weighted by Crippen LogP contribution is -2.15. The molecule has 98 valence electrons. The van der Waals surface area contributed by atoms with Crippen molar-refractivity contribution in [2.75, 3.05) is 6.61 Å². The molecule has 0 aromatic heterocycles. The van der Waals surface area contributed by atoms with Crippen LogP contribution in [0.25, 0.3) is 0 Å². The summed E-state index contributed by atoms with van der Waals surface area (Å²) in [6.45, 7) is 11.4. The fraction of sp³-hybridized carbons (Fsp3) is 0.529. The van der Waals surface area contributed by atoms with Gasteiger partial charge in [0, 0.05) is 6.42 Å². The molecule has 0 spiro atoms. The number of hydrogen-bond acceptors (Lipinski definition) is 1. The van der Waals surface area contributed by atoms with Crippen LogP contribution in [-0.4, -0.2) is 6.61 Å². The molecule has 0 aliphatic rings. The lowest BCUT2D eigenvalue weighted by Gasteiger charge is -2.22. The van der Waals surface area contributed by atoms with Gasteiger partial charge in [-0.2, -0.15) is 0 Å². The van der Waals surface area contributed by atoms with Crippen LogP contribution in [0.4, 0.5) is 0 Å². The number of hydrogen-bond donors (Lipinski definition) is 0. The highest BCUT2D eigenvalue weighted by atomic mass is 16.5. The summed E-state index contributed by atoms with van der Waals surface area (Å²) in [5, 5.41) is 0. The number of ether oxygens (including phenoxy) is 1. The lowest BCUT2D eigenvalue weighted by molar-refractivity contribution is 0.229. The first-order chi connectivity index (χ1) is 8.35. The third-order valence-corrected chi connectivity index (χ3v) is 3.21. The second-order valence-corrected chi connectivity index (χ2v) is 5.87. The van der Waals surface area contributed by atoms with Crippen molar-refractivity contribution in [3.8, 4) is 18.1 Å². The molecular formula is C17H24O. The summed E-state index contributed by atoms with van der Waals surface area (Å²) >= 11 is 0. The molecule has 0 aliphatic heterocycles. The van der Waals surface area contributed by atoms with E-state index in [0.717, 1.165) is 25.2 Å². The molecule has 0 atom stereocenters. The van der Waals surface area contributed by atoms with Crippen LogP contribution in [0.3, 0.4) is 0 Å². The van der Waals surface area contributed by atoms with Crippen molar-refractivity contribution >= 4 is 0 Å². The van der Waals surface area contributed by atoms with Crippen LogP contribution in [0.1, 0.15) is 43.4 Å². The molecule has 0 amide bonds. The first-order valence-corrected chi connectivity index (χ1v) is 6.50. The monoisotopic (exact) mass is 244 g/mol. The highest BCUT2D eigenvalue weighted by Gasteiger charge is 2.16. The van der Waals surface area contributed by atoms with Gasteiger partial charge in [-0.25, -0.2) is 0 Å². The number of benzene rings is 1. The van der Waals surface area contributed by atoms with Crippen molar-refractivity contribution < 1.29 is 4.74 Å². The van der Waals surface area contributed by atoms with Gasteiger partial charge in [-0.1, -0.05) is 31.5 Å². The Morgan fingerprint density at radius 3 is 2.22 bits per heavy atom. The van der Waals surface area contributed by atoms with Gasteiger partial charge in [0.05, 0.1) is 6.61 Å². The minimum absolute atomic E-state index is 0.154. The summed E-state index contributed by atoms with van der Waals surface area (Å²) in [4.78, 5) is 0. The van der Waals surface area contributed by atoms with Crippen LogP contribution in [0.2, 0.25) is 0 Å². The summed E-state index contributed by atoms with van der Waals surface area (Å²) in [6, 6.07) is 4.32. The molecule has 0 N–H and O–H groups in total. The average Bonchev–Trinajstić information content (AvgIpc) is 2.21. The fourth-order valence-corrected chi connectivity index (χ4v) is 2.19. The Balaban J connectivity index is 2.63. The molecule has 0 saturated carbocycles. The van der Waals surface area contributed by atoms with E-state index in [1.165, 1.54) is 16.7 Å². The second kappa shape index (κ2) is 5.96. The van der Waals surface area contributed by atoms with Crippen molar-refractivity contribution in [2.24, 2.45) is 5.41 Å². The maximum absolute atomic E-state index is 5.94. The lowest BCUT2D eigenvalue weighted by atomic mass is 9.86. The van der Waals surface area contributed by atoms with Crippen LogP contribution in [-0.2, 0) is 0 Å². The quantitative estimate of drug-likeness (QED) is 0.696. The summed E-state index contributed by atoms with van der Waals surface area (Å²) in [6.07, 6.45) is 7.14. The minimum Gasteiger partial charge on any atom is -0.493 e. The molecule has 0 fully saturated rings. The Bertz CT molecular complexity index is 426. The fourth-order valence-electron chi connectivity index (χ4n) is 2.19. The van der Waals surface area contributed by atoms with E-state index in [1.807, 2.05) is 0 Å². The van der Waals surface area contributed by atoms with Gasteiger partial charge in [-0.05, 0) is 43.7 Å². The Morgan fingerprint density at radius 2 is 1.72 bits per heavy atom. The van der Waals surface area contributed by atoms with E-state index in [1.54, 1.807) is 0 Å². The van der Waals surface area contributed by atoms with Crippen LogP contribution in [0, 0.1) is 38.5 Å². The van der Waals surface area contributed by atoms with Gasteiger partial charge in [0.1, 0.15) is 5.75 Å². The molecule has 0 unspecified atom stereocenters. The van der Waals surface area contributed by atoms with Gasteiger partial charge in [0.2, 0.25) is 0 Å². The summed E-state index contributed by atoms with van der Waals surface area (Å²) in [7, 11) is 0. The zero-order chi connectivity index (χ0) is 13.8. The van der Waals surface area contributed by atoms with Crippen LogP contribution >= 0.6 is 0 Å². The van der Waals surface area contributed by atoms with E-state index in [0.29, 0.717) is 0 Å². The normalized spacial score (nSPS) is 11.1. The Labute approximate surface area is 112 Å². The number of terminal acetylenes is 1. The summed E-state index contributed by atoms with van der Waals surface area (Å²) in [5.74, 6) is 3.76. The zero-order valence-corrected chi connectivity index (χ0v) is 12.3. The van der Waals surface area contributed by atoms with Gasteiger partial charge in [0.25, 0.3) is 0 Å². The van der Waals surface area contributed by atoms with E-state index in [2.05, 4.69) is 52.7 Å². The van der Waals surface area contributed by atoms with Gasteiger partial charge < -0.3 is 4.74 Å². The molecule has 1 aromatic carbocycles. The summed E-state index contributed by atoms with van der Waals surface area (Å²) in [5.41, 5.74) is 3.86. The molecular weight excluding hydrogens is 220 g/mol. The van der Waals surface area contributed by atoms with E-state index in [-0.39, 0.29) is 5.41 Å². The SMILES string of the molecule is C#CCC(C)(C)CCOc1c(C)cc(C)cc1C. The molecule has 0 heterocycles. The van der Waals surface area contributed by atoms with Crippen LogP contribution in [0.15, 0.2) is 12.1 Å². The maximum atomic E-state index is 5.94. The van der Waals surface area contributed by atoms with Crippen molar-refractivity contribution in [1.82, 2.24) is 0 Å². The summed E-state index contributed by atoms with van der Waals surface area (Å²) < 4.78 is 5.94. The third-order valence-electron chi connectivity index (χ3n) is 3.21. The van der Waals surface area contributed by atoms with Crippen molar-refractivity contribution in [3.63, 3.8) is 0 Å². The van der Waals surface area contributed by atoms with E-state index in [9.17, 15) is 0 Å².